The molecule has 1 N–H and O–H groups in total. The van der Waals surface area contributed by atoms with E-state index >= 15 is 0 Å². The van der Waals surface area contributed by atoms with Gasteiger partial charge in [0.1, 0.15) is 0 Å². The van der Waals surface area contributed by atoms with Crippen LogP contribution in [0.2, 0.25) is 0 Å². The van der Waals surface area contributed by atoms with E-state index in [9.17, 15) is 0 Å². The van der Waals surface area contributed by atoms with Crippen molar-refractivity contribution in [2.24, 2.45) is 0 Å². The van der Waals surface area contributed by atoms with E-state index in [1.54, 1.807) is 5.57 Å². The molecule has 1 heterocycles. The summed E-state index contributed by atoms with van der Waals surface area (Å²) in [5.74, 6) is 2.74. The predicted octanol–water partition coefficient (Wildman–Crippen LogP) is 2.56. The summed E-state index contributed by atoms with van der Waals surface area (Å²) in [4.78, 5) is 2.38. The first-order valence-electron chi connectivity index (χ1n) is 7.40. The van der Waals surface area contributed by atoms with Crippen molar-refractivity contribution >= 4 is 0 Å². The highest BCUT2D eigenvalue weighted by molar-refractivity contribution is 5.12. The molecule has 2 heteroatoms. The molecule has 0 amide bonds. The van der Waals surface area contributed by atoms with Gasteiger partial charge < -0.3 is 5.32 Å². The lowest BCUT2D eigenvalue weighted by molar-refractivity contribution is 0.213. The molecule has 0 spiro atoms. The van der Waals surface area contributed by atoms with Crippen LogP contribution in [0.4, 0.5) is 0 Å². The molecule has 18 heavy (non-hydrogen) atoms. The van der Waals surface area contributed by atoms with Gasteiger partial charge in [0.05, 0.1) is 6.54 Å². The van der Waals surface area contributed by atoms with Crippen LogP contribution < -0.4 is 5.32 Å². The number of piperidine rings is 1. The highest BCUT2D eigenvalue weighted by atomic mass is 15.1. The molecule has 0 bridgehead atoms. The van der Waals surface area contributed by atoms with Crippen LogP contribution in [-0.4, -0.2) is 36.6 Å². The van der Waals surface area contributed by atoms with E-state index in [0.717, 1.165) is 19.6 Å². The molecule has 1 fully saturated rings. The molecule has 0 radical (unpaired) electrons. The molecule has 0 aromatic carbocycles. The zero-order valence-corrected chi connectivity index (χ0v) is 11.6. The van der Waals surface area contributed by atoms with Gasteiger partial charge in [0.25, 0.3) is 0 Å². The minimum atomic E-state index is 0.564. The lowest BCUT2D eigenvalue weighted by Crippen LogP contribution is -2.46. The van der Waals surface area contributed by atoms with Gasteiger partial charge in [-0.15, -0.1) is 6.42 Å². The van der Waals surface area contributed by atoms with E-state index in [0.29, 0.717) is 12.1 Å². The monoisotopic (exact) mass is 246 g/mol. The molecule has 2 nitrogen and oxygen atoms in total. The molecule has 0 saturated carbocycles. The van der Waals surface area contributed by atoms with Crippen molar-refractivity contribution in [1.29, 1.82) is 0 Å². The smallest absolute Gasteiger partial charge is 0.0598 e. The Morgan fingerprint density at radius 3 is 2.83 bits per heavy atom. The lowest BCUT2D eigenvalue weighted by Gasteiger charge is -2.34. The van der Waals surface area contributed by atoms with E-state index < -0.39 is 0 Å². The first-order valence-corrected chi connectivity index (χ1v) is 7.40. The first kappa shape index (κ1) is 13.6. The van der Waals surface area contributed by atoms with Crippen LogP contribution in [0.1, 0.15) is 45.4 Å². The quantitative estimate of drug-likeness (QED) is 0.606. The van der Waals surface area contributed by atoms with Crippen molar-refractivity contribution in [2.45, 2.75) is 57.5 Å². The minimum absolute atomic E-state index is 0.564. The van der Waals surface area contributed by atoms with Crippen LogP contribution in [-0.2, 0) is 0 Å². The summed E-state index contributed by atoms with van der Waals surface area (Å²) in [5, 5.41) is 3.80. The van der Waals surface area contributed by atoms with Crippen molar-refractivity contribution in [3.63, 3.8) is 0 Å². The summed E-state index contributed by atoms with van der Waals surface area (Å²) >= 11 is 0. The van der Waals surface area contributed by atoms with Gasteiger partial charge in [0, 0.05) is 25.2 Å². The second kappa shape index (κ2) is 6.97. The van der Waals surface area contributed by atoms with Crippen molar-refractivity contribution < 1.29 is 0 Å². The fraction of sp³-hybridized carbons (Fsp3) is 0.750. The van der Waals surface area contributed by atoms with Crippen LogP contribution in [0.3, 0.4) is 0 Å². The van der Waals surface area contributed by atoms with E-state index in [1.807, 2.05) is 0 Å². The molecule has 1 unspecified atom stereocenters. The maximum atomic E-state index is 5.36. The molecule has 1 saturated heterocycles. The Hall–Kier alpha value is -0.780. The summed E-state index contributed by atoms with van der Waals surface area (Å²) in [6.07, 6.45) is 15.6. The molecule has 1 atom stereocenters. The van der Waals surface area contributed by atoms with Crippen LogP contribution in [0.5, 0.6) is 0 Å². The predicted molar refractivity (Wildman–Crippen MR) is 77.4 cm³/mol. The minimum Gasteiger partial charge on any atom is -0.308 e. The second-order valence-corrected chi connectivity index (χ2v) is 5.67. The Labute approximate surface area is 112 Å². The molecule has 2 aliphatic rings. The Bertz CT molecular complexity index is 318. The standard InChI is InChI=1S/C16H26N2/c1-3-11-18-12-9-16(10-13-18)17-14(2)15-7-5-4-6-8-15/h1,7,14,16-17H,4-6,8-13H2,2H3. The third-order valence-electron chi connectivity index (χ3n) is 4.27. The van der Waals surface area contributed by atoms with Crippen molar-refractivity contribution in [1.82, 2.24) is 10.2 Å². The normalized spacial score (nSPS) is 24.3. The third-order valence-corrected chi connectivity index (χ3v) is 4.27. The molecule has 2 rings (SSSR count). The molecule has 1 aliphatic heterocycles. The topological polar surface area (TPSA) is 15.3 Å². The van der Waals surface area contributed by atoms with E-state index in [1.165, 1.54) is 38.5 Å². The van der Waals surface area contributed by atoms with Gasteiger partial charge in [0.15, 0.2) is 0 Å². The fourth-order valence-corrected chi connectivity index (χ4v) is 3.10. The van der Waals surface area contributed by atoms with Crippen LogP contribution in [0.25, 0.3) is 0 Å². The summed E-state index contributed by atoms with van der Waals surface area (Å²) < 4.78 is 0. The highest BCUT2D eigenvalue weighted by Gasteiger charge is 2.21. The first-order chi connectivity index (χ1) is 8.79. The molecule has 100 valence electrons. The Morgan fingerprint density at radius 2 is 2.22 bits per heavy atom. The Kier molecular flexibility index (Phi) is 5.28. The molecule has 1 aliphatic carbocycles. The molecular formula is C16H26N2. The van der Waals surface area contributed by atoms with Crippen LogP contribution in [0.15, 0.2) is 11.6 Å². The average Bonchev–Trinajstić information content (AvgIpc) is 2.42. The molecule has 0 aromatic rings. The Morgan fingerprint density at radius 1 is 1.44 bits per heavy atom. The number of hydrogen-bond acceptors (Lipinski definition) is 2. The Balaban J connectivity index is 1.74. The maximum Gasteiger partial charge on any atom is 0.0598 e. The largest absolute Gasteiger partial charge is 0.308 e. The number of nitrogens with one attached hydrogen (secondary N) is 1. The summed E-state index contributed by atoms with van der Waals surface area (Å²) in [6.45, 7) is 5.43. The van der Waals surface area contributed by atoms with Gasteiger partial charge in [-0.05, 0) is 45.4 Å². The number of allylic oxidation sites excluding steroid dienone is 1. The van der Waals surface area contributed by atoms with Crippen molar-refractivity contribution in [2.75, 3.05) is 19.6 Å². The molecular weight excluding hydrogens is 220 g/mol. The third kappa shape index (κ3) is 3.86. The molecule has 0 aromatic heterocycles. The lowest BCUT2D eigenvalue weighted by atomic mass is 9.93. The number of rotatable bonds is 4. The second-order valence-electron chi connectivity index (χ2n) is 5.67. The zero-order chi connectivity index (χ0) is 12.8. The maximum absolute atomic E-state index is 5.36. The average molecular weight is 246 g/mol. The van der Waals surface area contributed by atoms with E-state index in [2.05, 4.69) is 29.1 Å². The van der Waals surface area contributed by atoms with Gasteiger partial charge in [0.2, 0.25) is 0 Å². The van der Waals surface area contributed by atoms with Gasteiger partial charge in [-0.1, -0.05) is 17.6 Å². The number of terminal acetylenes is 1. The fourth-order valence-electron chi connectivity index (χ4n) is 3.10. The van der Waals surface area contributed by atoms with Gasteiger partial charge in [-0.3, -0.25) is 4.90 Å². The SMILES string of the molecule is C#CCN1CCC(NC(C)C2=CCCCC2)CC1. The summed E-state index contributed by atoms with van der Waals surface area (Å²) in [7, 11) is 0. The van der Waals surface area contributed by atoms with Crippen LogP contribution in [0, 0.1) is 12.3 Å². The number of hydrogen-bond donors (Lipinski definition) is 1. The van der Waals surface area contributed by atoms with Crippen molar-refractivity contribution in [3.05, 3.63) is 11.6 Å². The van der Waals surface area contributed by atoms with Gasteiger partial charge in [-0.2, -0.15) is 0 Å². The zero-order valence-electron chi connectivity index (χ0n) is 11.6. The van der Waals surface area contributed by atoms with E-state index in [4.69, 9.17) is 6.42 Å². The highest BCUT2D eigenvalue weighted by Crippen LogP contribution is 2.21. The number of likely N-dealkylation sites (tertiary alicyclic amines) is 1. The summed E-state index contributed by atoms with van der Waals surface area (Å²) in [6, 6.07) is 1.24. The van der Waals surface area contributed by atoms with E-state index in [-0.39, 0.29) is 0 Å². The van der Waals surface area contributed by atoms with Gasteiger partial charge >= 0.3 is 0 Å². The van der Waals surface area contributed by atoms with Crippen LogP contribution >= 0.6 is 0 Å². The summed E-state index contributed by atoms with van der Waals surface area (Å²) in [5.41, 5.74) is 1.63. The number of nitrogens with zero attached hydrogens (tertiary/aromatic N) is 1. The van der Waals surface area contributed by atoms with Gasteiger partial charge in [-0.25, -0.2) is 0 Å². The van der Waals surface area contributed by atoms with Crippen molar-refractivity contribution in [3.8, 4) is 12.3 Å².